The van der Waals surface area contributed by atoms with Crippen molar-refractivity contribution in [3.05, 3.63) is 35.8 Å². The number of fused-ring (bicyclic) bond motifs is 1. The van der Waals surface area contributed by atoms with E-state index in [1.807, 2.05) is 6.20 Å². The Labute approximate surface area is 231 Å². The molecule has 3 aromatic heterocycles. The topological polar surface area (TPSA) is 141 Å². The molecule has 3 aromatic rings. The number of likely N-dealkylation sites (tertiary alicyclic amines) is 1. The molecule has 0 amide bonds. The minimum absolute atomic E-state index is 0.135. The Morgan fingerprint density at radius 1 is 1.10 bits per heavy atom. The van der Waals surface area contributed by atoms with Crippen molar-refractivity contribution in [2.75, 3.05) is 38.3 Å². The van der Waals surface area contributed by atoms with Crippen LogP contribution >= 0.6 is 0 Å². The Morgan fingerprint density at radius 2 is 1.85 bits per heavy atom. The van der Waals surface area contributed by atoms with E-state index in [1.54, 1.807) is 18.0 Å². The number of aliphatic hydroxyl groups is 1. The summed E-state index contributed by atoms with van der Waals surface area (Å²) < 4.78 is 7.40. The highest BCUT2D eigenvalue weighted by Crippen LogP contribution is 2.51. The third kappa shape index (κ3) is 6.67. The number of unbranched alkanes of at least 4 members (excludes halogenated alkanes) is 3. The molecule has 1 aliphatic carbocycles. The van der Waals surface area contributed by atoms with Gasteiger partial charge in [-0.3, -0.25) is 9.67 Å². The van der Waals surface area contributed by atoms with Crippen LogP contribution < -0.4 is 16.2 Å². The number of nitrogens with two attached hydrogens (primary N) is 2. The Kier molecular flexibility index (Phi) is 9.40. The Morgan fingerprint density at radius 3 is 2.49 bits per heavy atom. The summed E-state index contributed by atoms with van der Waals surface area (Å²) in [6.45, 7) is 9.84. The summed E-state index contributed by atoms with van der Waals surface area (Å²) in [4.78, 5) is 15.5. The van der Waals surface area contributed by atoms with E-state index in [-0.39, 0.29) is 5.95 Å². The smallest absolute Gasteiger partial charge is 0.222 e. The molecule has 1 aliphatic heterocycles. The molecule has 212 valence electrons. The van der Waals surface area contributed by atoms with Crippen LogP contribution in [0.15, 0.2) is 24.5 Å². The third-order valence-electron chi connectivity index (χ3n) is 7.91. The van der Waals surface area contributed by atoms with Crippen LogP contribution in [0.4, 0.5) is 11.8 Å². The number of hydrogen-bond acceptors (Lipinski definition) is 9. The van der Waals surface area contributed by atoms with Gasteiger partial charge < -0.3 is 26.2 Å². The van der Waals surface area contributed by atoms with Crippen molar-refractivity contribution in [1.29, 1.82) is 0 Å². The van der Waals surface area contributed by atoms with Gasteiger partial charge in [-0.1, -0.05) is 32.3 Å². The number of anilines is 2. The van der Waals surface area contributed by atoms with Gasteiger partial charge in [-0.05, 0) is 75.2 Å². The summed E-state index contributed by atoms with van der Waals surface area (Å²) in [5.41, 5.74) is 16.6. The summed E-state index contributed by atoms with van der Waals surface area (Å²) in [6, 6.07) is 2.71. The zero-order valence-corrected chi connectivity index (χ0v) is 23.9. The quantitative estimate of drug-likeness (QED) is 0.342. The molecule has 1 saturated heterocycles. The molecule has 2 aliphatic rings. The molecule has 39 heavy (non-hydrogen) atoms. The molecular weight excluding hydrogens is 492 g/mol. The SMILES string of the molecule is CCCCCCO.COc1cc(C2=CC3(CCN(C(C)C)CC3)C2)cnc1Cn1ncc2nc(N)nc(N)c21. The molecule has 1 fully saturated rings. The predicted octanol–water partition coefficient (Wildman–Crippen LogP) is 4.28. The molecule has 10 nitrogen and oxygen atoms in total. The second-order valence-corrected chi connectivity index (χ2v) is 11.0. The van der Waals surface area contributed by atoms with E-state index in [9.17, 15) is 0 Å². The van der Waals surface area contributed by atoms with Crippen molar-refractivity contribution >= 4 is 28.4 Å². The zero-order chi connectivity index (χ0) is 28.0. The van der Waals surface area contributed by atoms with Crippen LogP contribution in [0.3, 0.4) is 0 Å². The van der Waals surface area contributed by atoms with E-state index < -0.39 is 0 Å². The largest absolute Gasteiger partial charge is 0.495 e. The van der Waals surface area contributed by atoms with Crippen LogP contribution in [-0.4, -0.2) is 67.6 Å². The fourth-order valence-corrected chi connectivity index (χ4v) is 5.50. The van der Waals surface area contributed by atoms with E-state index in [1.165, 1.54) is 50.8 Å². The van der Waals surface area contributed by atoms with Crippen molar-refractivity contribution in [3.63, 3.8) is 0 Å². The van der Waals surface area contributed by atoms with Gasteiger partial charge in [0, 0.05) is 18.8 Å². The van der Waals surface area contributed by atoms with E-state index in [0.717, 1.165) is 29.8 Å². The minimum atomic E-state index is 0.135. The molecule has 0 aromatic carbocycles. The molecule has 4 heterocycles. The number of nitrogens with zero attached hydrogens (tertiary/aromatic N) is 6. The number of aromatic nitrogens is 5. The van der Waals surface area contributed by atoms with E-state index in [0.29, 0.717) is 41.5 Å². The highest BCUT2D eigenvalue weighted by atomic mass is 16.5. The molecule has 5 rings (SSSR count). The fourth-order valence-electron chi connectivity index (χ4n) is 5.50. The summed E-state index contributed by atoms with van der Waals surface area (Å²) in [5, 5.41) is 12.7. The second kappa shape index (κ2) is 12.7. The molecule has 0 bridgehead atoms. The summed E-state index contributed by atoms with van der Waals surface area (Å²) in [6.07, 6.45) is 14.3. The highest BCUT2D eigenvalue weighted by Gasteiger charge is 2.40. The first kappa shape index (κ1) is 28.8. The summed E-state index contributed by atoms with van der Waals surface area (Å²) in [7, 11) is 1.67. The second-order valence-electron chi connectivity index (χ2n) is 11.0. The molecule has 0 saturated carbocycles. The van der Waals surface area contributed by atoms with Crippen LogP contribution in [0.1, 0.15) is 77.0 Å². The van der Waals surface area contributed by atoms with Gasteiger partial charge in [0.1, 0.15) is 22.5 Å². The van der Waals surface area contributed by atoms with Gasteiger partial charge in [0.25, 0.3) is 0 Å². The van der Waals surface area contributed by atoms with Crippen molar-refractivity contribution in [2.45, 2.75) is 78.3 Å². The number of hydrogen-bond donors (Lipinski definition) is 3. The summed E-state index contributed by atoms with van der Waals surface area (Å²) >= 11 is 0. The van der Waals surface area contributed by atoms with E-state index in [2.05, 4.69) is 52.9 Å². The number of aliphatic hydroxyl groups excluding tert-OH is 1. The molecule has 0 unspecified atom stereocenters. The Balaban J connectivity index is 0.000000448. The van der Waals surface area contributed by atoms with Gasteiger partial charge in [-0.2, -0.15) is 10.1 Å². The lowest BCUT2D eigenvalue weighted by Crippen LogP contribution is -2.44. The summed E-state index contributed by atoms with van der Waals surface area (Å²) in [5.74, 6) is 1.17. The average Bonchev–Trinajstić information content (AvgIpc) is 3.31. The van der Waals surface area contributed by atoms with Crippen molar-refractivity contribution in [1.82, 2.24) is 29.6 Å². The molecule has 0 radical (unpaired) electrons. The first-order valence-electron chi connectivity index (χ1n) is 14.1. The molecular formula is C29H44N8O2. The number of pyridine rings is 1. The Bertz CT molecular complexity index is 1270. The number of rotatable bonds is 9. The van der Waals surface area contributed by atoms with Crippen molar-refractivity contribution < 1.29 is 9.84 Å². The number of nitrogen functional groups attached to an aromatic ring is 2. The van der Waals surface area contributed by atoms with Gasteiger partial charge >= 0.3 is 0 Å². The van der Waals surface area contributed by atoms with Crippen LogP contribution in [-0.2, 0) is 6.54 Å². The van der Waals surface area contributed by atoms with Gasteiger partial charge in [0.15, 0.2) is 5.82 Å². The Hall–Kier alpha value is -3.24. The molecule has 0 atom stereocenters. The van der Waals surface area contributed by atoms with E-state index >= 15 is 0 Å². The van der Waals surface area contributed by atoms with Crippen molar-refractivity contribution in [2.24, 2.45) is 5.41 Å². The normalized spacial score (nSPS) is 16.6. The maximum atomic E-state index is 8.29. The first-order valence-corrected chi connectivity index (χ1v) is 14.1. The standard InChI is InChI=1S/C23H30N8O.C6H14O/c1-14(2)30-6-4-23(5-7-30)9-16(10-23)15-8-19(32-3)18(26-11-15)13-31-20-17(12-27-31)28-22(25)29-21(20)24;1-2-3-4-5-6-7/h8-9,11-12,14H,4-7,10,13H2,1-3H3,(H4,24,25,28,29);7H,2-6H2,1H3. The highest BCUT2D eigenvalue weighted by molar-refractivity contribution is 5.85. The molecule has 10 heteroatoms. The van der Waals surface area contributed by atoms with Crippen LogP contribution in [0.2, 0.25) is 0 Å². The average molecular weight is 537 g/mol. The van der Waals surface area contributed by atoms with Crippen molar-refractivity contribution in [3.8, 4) is 5.75 Å². The zero-order valence-electron chi connectivity index (χ0n) is 23.9. The molecule has 1 spiro atoms. The monoisotopic (exact) mass is 536 g/mol. The lowest BCUT2D eigenvalue weighted by atomic mass is 9.64. The van der Waals surface area contributed by atoms with Gasteiger partial charge in [-0.15, -0.1) is 0 Å². The van der Waals surface area contributed by atoms with E-state index in [4.69, 9.17) is 26.3 Å². The minimum Gasteiger partial charge on any atom is -0.495 e. The predicted molar refractivity (Wildman–Crippen MR) is 156 cm³/mol. The lowest BCUT2D eigenvalue weighted by molar-refractivity contribution is 0.108. The number of methoxy groups -OCH3 is 1. The fraction of sp³-hybridized carbons (Fsp3) is 0.586. The number of ether oxygens (including phenoxy) is 1. The van der Waals surface area contributed by atoms with Gasteiger partial charge in [0.05, 0.1) is 19.9 Å². The van der Waals surface area contributed by atoms with Crippen LogP contribution in [0, 0.1) is 5.41 Å². The van der Waals surface area contributed by atoms with Crippen LogP contribution in [0.5, 0.6) is 5.75 Å². The third-order valence-corrected chi connectivity index (χ3v) is 7.91. The maximum absolute atomic E-state index is 8.29. The van der Waals surface area contributed by atoms with Crippen LogP contribution in [0.25, 0.3) is 16.6 Å². The van der Waals surface area contributed by atoms with Gasteiger partial charge in [0.2, 0.25) is 5.95 Å². The first-order chi connectivity index (χ1) is 18.8. The van der Waals surface area contributed by atoms with Gasteiger partial charge in [-0.25, -0.2) is 4.98 Å². The molecule has 5 N–H and O–H groups in total. The lowest BCUT2D eigenvalue weighted by Gasteiger charge is -2.47. The number of piperidine rings is 1. The number of allylic oxidation sites excluding steroid dienone is 2. The maximum Gasteiger partial charge on any atom is 0.222 e.